The molecule has 0 saturated carbocycles. The molecule has 0 spiro atoms. The average molecular weight is 259 g/mol. The van der Waals surface area contributed by atoms with E-state index in [4.69, 9.17) is 0 Å². The first-order valence-electron chi connectivity index (χ1n) is 7.16. The Hall–Kier alpha value is -1.71. The zero-order valence-corrected chi connectivity index (χ0v) is 11.4. The zero-order valence-electron chi connectivity index (χ0n) is 11.4. The Morgan fingerprint density at radius 3 is 2.74 bits per heavy atom. The van der Waals surface area contributed by atoms with E-state index in [1.165, 1.54) is 0 Å². The Bertz CT molecular complexity index is 478. The first kappa shape index (κ1) is 12.3. The van der Waals surface area contributed by atoms with Gasteiger partial charge >= 0.3 is 0 Å². The molecule has 3 rings (SSSR count). The second-order valence-electron chi connectivity index (χ2n) is 5.56. The quantitative estimate of drug-likeness (QED) is 0.814. The Balaban J connectivity index is 1.83. The smallest absolute Gasteiger partial charge is 0.256 e. The third-order valence-corrected chi connectivity index (χ3v) is 4.11. The molecule has 1 amide bonds. The van der Waals surface area contributed by atoms with Crippen LogP contribution in [0.5, 0.6) is 0 Å². The van der Waals surface area contributed by atoms with Crippen LogP contribution >= 0.6 is 0 Å². The molecular weight excluding hydrogens is 238 g/mol. The van der Waals surface area contributed by atoms with Gasteiger partial charge in [0, 0.05) is 26.2 Å². The molecule has 1 fully saturated rings. The molecule has 2 aliphatic heterocycles. The van der Waals surface area contributed by atoms with Crippen molar-refractivity contribution < 1.29 is 4.79 Å². The van der Waals surface area contributed by atoms with Crippen LogP contribution in [0.4, 0.5) is 11.4 Å². The number of likely N-dealkylation sites (tertiary alicyclic amines) is 1. The second kappa shape index (κ2) is 5.11. The summed E-state index contributed by atoms with van der Waals surface area (Å²) in [5.41, 5.74) is 2.82. The lowest BCUT2D eigenvalue weighted by Crippen LogP contribution is -2.38. The first-order chi connectivity index (χ1) is 9.25. The number of carbonyl (C=O) groups is 1. The normalized spacial score (nSPS) is 19.3. The van der Waals surface area contributed by atoms with Gasteiger partial charge in [-0.05, 0) is 30.9 Å². The first-order valence-corrected chi connectivity index (χ1v) is 7.16. The van der Waals surface area contributed by atoms with Gasteiger partial charge in [0.2, 0.25) is 0 Å². The van der Waals surface area contributed by atoms with Crippen molar-refractivity contribution in [1.82, 2.24) is 4.90 Å². The molecule has 1 aromatic rings. The van der Waals surface area contributed by atoms with E-state index in [2.05, 4.69) is 17.6 Å². The number of carbonyl (C=O) groups excluding carboxylic acids is 1. The summed E-state index contributed by atoms with van der Waals surface area (Å²) in [6, 6.07) is 5.91. The van der Waals surface area contributed by atoms with Crippen molar-refractivity contribution >= 4 is 17.3 Å². The molecule has 0 bridgehead atoms. The number of benzene rings is 1. The van der Waals surface area contributed by atoms with Gasteiger partial charge in [-0.2, -0.15) is 0 Å². The van der Waals surface area contributed by atoms with Crippen LogP contribution < -0.4 is 10.6 Å². The van der Waals surface area contributed by atoms with Crippen LogP contribution in [0.3, 0.4) is 0 Å². The highest BCUT2D eigenvalue weighted by molar-refractivity contribution is 6.02. The van der Waals surface area contributed by atoms with Gasteiger partial charge in [-0.25, -0.2) is 0 Å². The molecule has 2 aliphatic rings. The van der Waals surface area contributed by atoms with Gasteiger partial charge < -0.3 is 15.5 Å². The largest absolute Gasteiger partial charge is 0.382 e. The monoisotopic (exact) mass is 259 g/mol. The number of fused-ring (bicyclic) bond motifs is 1. The van der Waals surface area contributed by atoms with E-state index in [0.717, 1.165) is 61.9 Å². The molecule has 2 N–H and O–H groups in total. The van der Waals surface area contributed by atoms with E-state index in [1.54, 1.807) is 0 Å². The summed E-state index contributed by atoms with van der Waals surface area (Å²) in [7, 11) is 0. The van der Waals surface area contributed by atoms with Gasteiger partial charge in [-0.1, -0.05) is 13.0 Å². The number of amides is 1. The summed E-state index contributed by atoms with van der Waals surface area (Å²) in [5, 5.41) is 6.68. The van der Waals surface area contributed by atoms with Gasteiger partial charge in [0.1, 0.15) is 0 Å². The number of hydrogen-bond donors (Lipinski definition) is 2. The maximum atomic E-state index is 12.6. The SMILES string of the molecule is CC1CCN(C(=O)c2cccc3c2NCCN3)CC1. The zero-order chi connectivity index (χ0) is 13.2. The fraction of sp³-hybridized carbons (Fsp3) is 0.533. The van der Waals surface area contributed by atoms with Crippen molar-refractivity contribution in [3.05, 3.63) is 23.8 Å². The molecule has 2 heterocycles. The molecule has 0 aromatic heterocycles. The molecule has 1 saturated heterocycles. The number of hydrogen-bond acceptors (Lipinski definition) is 3. The summed E-state index contributed by atoms with van der Waals surface area (Å²) in [4.78, 5) is 14.6. The van der Waals surface area contributed by atoms with Crippen LogP contribution in [0.25, 0.3) is 0 Å². The van der Waals surface area contributed by atoms with Crippen LogP contribution in [-0.2, 0) is 0 Å². The fourth-order valence-electron chi connectivity index (χ4n) is 2.83. The minimum atomic E-state index is 0.167. The molecule has 0 atom stereocenters. The number of rotatable bonds is 1. The molecule has 102 valence electrons. The van der Waals surface area contributed by atoms with E-state index in [0.29, 0.717) is 0 Å². The number of para-hydroxylation sites is 1. The van der Waals surface area contributed by atoms with E-state index >= 15 is 0 Å². The van der Waals surface area contributed by atoms with Crippen LogP contribution in [0.15, 0.2) is 18.2 Å². The Kier molecular flexibility index (Phi) is 3.32. The topological polar surface area (TPSA) is 44.4 Å². The lowest BCUT2D eigenvalue weighted by atomic mass is 9.98. The molecular formula is C15H21N3O. The van der Waals surface area contributed by atoms with Crippen LogP contribution in [0, 0.1) is 5.92 Å². The molecule has 0 radical (unpaired) electrons. The Morgan fingerprint density at radius 2 is 1.95 bits per heavy atom. The van der Waals surface area contributed by atoms with Crippen molar-refractivity contribution in [2.24, 2.45) is 5.92 Å². The maximum Gasteiger partial charge on any atom is 0.256 e. The summed E-state index contributed by atoms with van der Waals surface area (Å²) in [6.45, 7) is 5.81. The Labute approximate surface area is 114 Å². The molecule has 1 aromatic carbocycles. The molecule has 19 heavy (non-hydrogen) atoms. The standard InChI is InChI=1S/C15H21N3O/c1-11-5-9-18(10-6-11)15(19)12-3-2-4-13-14(12)17-8-7-16-13/h2-4,11,16-17H,5-10H2,1H3. The second-order valence-corrected chi connectivity index (χ2v) is 5.56. The van der Waals surface area contributed by atoms with Crippen LogP contribution in [0.1, 0.15) is 30.1 Å². The summed E-state index contributed by atoms with van der Waals surface area (Å²) < 4.78 is 0. The Morgan fingerprint density at radius 1 is 1.21 bits per heavy atom. The third-order valence-electron chi connectivity index (χ3n) is 4.11. The van der Waals surface area contributed by atoms with E-state index < -0.39 is 0 Å². The summed E-state index contributed by atoms with van der Waals surface area (Å²) in [6.07, 6.45) is 2.24. The van der Waals surface area contributed by atoms with Gasteiger partial charge in [0.25, 0.3) is 5.91 Å². The van der Waals surface area contributed by atoms with Crippen molar-refractivity contribution in [3.63, 3.8) is 0 Å². The van der Waals surface area contributed by atoms with Gasteiger partial charge in [0.15, 0.2) is 0 Å². The lowest BCUT2D eigenvalue weighted by molar-refractivity contribution is 0.0698. The molecule has 4 nitrogen and oxygen atoms in total. The number of anilines is 2. The van der Waals surface area contributed by atoms with Crippen molar-refractivity contribution in [3.8, 4) is 0 Å². The van der Waals surface area contributed by atoms with Gasteiger partial charge in [-0.3, -0.25) is 4.79 Å². The van der Waals surface area contributed by atoms with Crippen LogP contribution in [0.2, 0.25) is 0 Å². The van der Waals surface area contributed by atoms with Crippen molar-refractivity contribution in [1.29, 1.82) is 0 Å². The van der Waals surface area contributed by atoms with E-state index in [1.807, 2.05) is 23.1 Å². The van der Waals surface area contributed by atoms with E-state index in [9.17, 15) is 4.79 Å². The third kappa shape index (κ3) is 2.39. The fourth-order valence-corrected chi connectivity index (χ4v) is 2.83. The lowest BCUT2D eigenvalue weighted by Gasteiger charge is -2.31. The average Bonchev–Trinajstić information content (AvgIpc) is 2.47. The minimum absolute atomic E-state index is 0.167. The van der Waals surface area contributed by atoms with Crippen molar-refractivity contribution in [2.45, 2.75) is 19.8 Å². The molecule has 0 unspecified atom stereocenters. The van der Waals surface area contributed by atoms with E-state index in [-0.39, 0.29) is 5.91 Å². The molecule has 4 heteroatoms. The number of piperidine rings is 1. The van der Waals surface area contributed by atoms with Crippen molar-refractivity contribution in [2.75, 3.05) is 36.8 Å². The highest BCUT2D eigenvalue weighted by atomic mass is 16.2. The van der Waals surface area contributed by atoms with Crippen LogP contribution in [-0.4, -0.2) is 37.0 Å². The summed E-state index contributed by atoms with van der Waals surface area (Å²) >= 11 is 0. The maximum absolute atomic E-state index is 12.6. The van der Waals surface area contributed by atoms with Gasteiger partial charge in [-0.15, -0.1) is 0 Å². The predicted octanol–water partition coefficient (Wildman–Crippen LogP) is 2.40. The highest BCUT2D eigenvalue weighted by Gasteiger charge is 2.24. The molecule has 0 aliphatic carbocycles. The summed E-state index contributed by atoms with van der Waals surface area (Å²) in [5.74, 6) is 0.911. The highest BCUT2D eigenvalue weighted by Crippen LogP contribution is 2.30. The minimum Gasteiger partial charge on any atom is -0.382 e. The number of nitrogens with one attached hydrogen (secondary N) is 2. The number of nitrogens with zero attached hydrogens (tertiary/aromatic N) is 1. The van der Waals surface area contributed by atoms with Gasteiger partial charge in [0.05, 0.1) is 16.9 Å². The predicted molar refractivity (Wildman–Crippen MR) is 77.7 cm³/mol.